The molecule has 11 N–H and O–H groups in total. The van der Waals surface area contributed by atoms with Crippen LogP contribution in [0.4, 0.5) is 0 Å². The van der Waals surface area contributed by atoms with Gasteiger partial charge in [-0.2, -0.15) is 11.8 Å². The minimum Gasteiger partial charge on any atom is -0.370 e. The Balaban J connectivity index is 1.33. The van der Waals surface area contributed by atoms with Crippen molar-refractivity contribution in [3.05, 3.63) is 72.1 Å². The highest BCUT2D eigenvalue weighted by Crippen LogP contribution is 2.23. The molecule has 4 aromatic rings. The number of likely N-dealkylation sites (tertiary alicyclic amines) is 1. The van der Waals surface area contributed by atoms with Gasteiger partial charge in [-0.25, -0.2) is 0 Å². The highest BCUT2D eigenvalue weighted by atomic mass is 32.2. The zero-order valence-electron chi connectivity index (χ0n) is 30.4. The number of carbonyl (C=O) groups is 5. The molecule has 1 aliphatic rings. The van der Waals surface area contributed by atoms with Crippen molar-refractivity contribution in [1.29, 1.82) is 0 Å². The lowest BCUT2D eigenvalue weighted by atomic mass is 10.0. The first-order chi connectivity index (χ1) is 26.1. The number of amides is 4. The lowest BCUT2D eigenvalue weighted by molar-refractivity contribution is -0.142. The molecule has 2 aromatic heterocycles. The van der Waals surface area contributed by atoms with E-state index in [0.29, 0.717) is 37.7 Å². The molecule has 2 aromatic carbocycles. The third-order valence-electron chi connectivity index (χ3n) is 9.71. The number of H-pyrrole nitrogens is 2. The number of nitrogens with zero attached hydrogens (tertiary/aromatic N) is 2. The van der Waals surface area contributed by atoms with Gasteiger partial charge in [-0.15, -0.1) is 0 Å². The van der Waals surface area contributed by atoms with Crippen LogP contribution in [-0.4, -0.2) is 106 Å². The van der Waals surface area contributed by atoms with Gasteiger partial charge < -0.3 is 52.8 Å². The highest BCUT2D eigenvalue weighted by molar-refractivity contribution is 7.98. The quantitative estimate of drug-likeness (QED) is 0.0296. The van der Waals surface area contributed by atoms with Crippen molar-refractivity contribution < 1.29 is 24.0 Å². The third kappa shape index (κ3) is 10.2. The molecule has 16 heteroatoms. The minimum absolute atomic E-state index is 0.102. The van der Waals surface area contributed by atoms with Crippen molar-refractivity contribution in [1.82, 2.24) is 30.8 Å². The predicted molar refractivity (Wildman–Crippen MR) is 211 cm³/mol. The first-order valence-corrected chi connectivity index (χ1v) is 19.6. The maximum absolute atomic E-state index is 14.3. The number of carbonyl (C=O) groups excluding carboxylic acids is 5. The van der Waals surface area contributed by atoms with Crippen molar-refractivity contribution in [3.63, 3.8) is 0 Å². The first kappa shape index (κ1) is 39.8. The van der Waals surface area contributed by atoms with Gasteiger partial charge in [0.05, 0.1) is 12.1 Å². The van der Waals surface area contributed by atoms with Gasteiger partial charge in [0.25, 0.3) is 0 Å². The second-order valence-electron chi connectivity index (χ2n) is 13.5. The number of para-hydroxylation sites is 2. The molecule has 0 spiro atoms. The van der Waals surface area contributed by atoms with Crippen molar-refractivity contribution in [3.8, 4) is 0 Å². The van der Waals surface area contributed by atoms with Gasteiger partial charge in [0.2, 0.25) is 23.6 Å². The van der Waals surface area contributed by atoms with E-state index in [4.69, 9.17) is 17.2 Å². The Hall–Kier alpha value is -5.35. The summed E-state index contributed by atoms with van der Waals surface area (Å²) >= 11 is 1.56. The first-order valence-electron chi connectivity index (χ1n) is 18.2. The average Bonchev–Trinajstić information content (AvgIpc) is 3.93. The number of hydrogen-bond acceptors (Lipinski definition) is 8. The molecule has 5 atom stereocenters. The molecule has 0 radical (unpaired) electrons. The Morgan fingerprint density at radius 3 is 2.17 bits per heavy atom. The number of benzene rings is 2. The minimum atomic E-state index is -1.07. The molecule has 1 fully saturated rings. The lowest BCUT2D eigenvalue weighted by Gasteiger charge is -2.30. The van der Waals surface area contributed by atoms with Gasteiger partial charge in [0, 0.05) is 60.1 Å². The number of nitrogens with one attached hydrogen (secondary N) is 5. The number of nitrogens with two attached hydrogens (primary N) is 3. The van der Waals surface area contributed by atoms with Gasteiger partial charge in [-0.1, -0.05) is 36.4 Å². The van der Waals surface area contributed by atoms with Gasteiger partial charge in [-0.3, -0.25) is 24.2 Å². The molecular formula is C38H50N10O5S. The number of aromatic amines is 2. The van der Waals surface area contributed by atoms with E-state index >= 15 is 0 Å². The highest BCUT2D eigenvalue weighted by Gasteiger charge is 2.39. The van der Waals surface area contributed by atoms with E-state index in [2.05, 4.69) is 30.9 Å². The Kier molecular flexibility index (Phi) is 14.1. The number of fused-ring (bicyclic) bond motifs is 2. The maximum Gasteiger partial charge on any atom is 0.245 e. The van der Waals surface area contributed by atoms with Gasteiger partial charge in [0.15, 0.2) is 5.96 Å². The number of rotatable bonds is 19. The zero-order chi connectivity index (χ0) is 38.6. The molecule has 288 valence electrons. The van der Waals surface area contributed by atoms with E-state index in [1.54, 1.807) is 18.0 Å². The summed E-state index contributed by atoms with van der Waals surface area (Å²) in [5.74, 6) is -1.40. The summed E-state index contributed by atoms with van der Waals surface area (Å²) in [6.07, 6.45) is 8.50. The molecule has 0 saturated carbocycles. The number of aromatic nitrogens is 2. The van der Waals surface area contributed by atoms with Crippen molar-refractivity contribution >= 4 is 69.4 Å². The summed E-state index contributed by atoms with van der Waals surface area (Å²) in [5.41, 5.74) is 20.7. The largest absolute Gasteiger partial charge is 0.370 e. The predicted octanol–water partition coefficient (Wildman–Crippen LogP) is 1.21. The second-order valence-corrected chi connectivity index (χ2v) is 14.5. The van der Waals surface area contributed by atoms with Crippen LogP contribution in [-0.2, 0) is 36.8 Å². The molecule has 1 aliphatic heterocycles. The van der Waals surface area contributed by atoms with Crippen LogP contribution in [0.3, 0.4) is 0 Å². The van der Waals surface area contributed by atoms with E-state index < -0.39 is 53.8 Å². The number of hydrogen-bond donors (Lipinski definition) is 8. The van der Waals surface area contributed by atoms with Crippen LogP contribution in [0.5, 0.6) is 0 Å². The fourth-order valence-corrected chi connectivity index (χ4v) is 7.36. The van der Waals surface area contributed by atoms with Crippen molar-refractivity contribution in [2.24, 2.45) is 22.2 Å². The Labute approximate surface area is 318 Å². The van der Waals surface area contributed by atoms with E-state index in [9.17, 15) is 24.0 Å². The Morgan fingerprint density at radius 1 is 0.907 bits per heavy atom. The van der Waals surface area contributed by atoms with Crippen LogP contribution in [0.25, 0.3) is 21.8 Å². The van der Waals surface area contributed by atoms with E-state index in [1.165, 1.54) is 4.90 Å². The summed E-state index contributed by atoms with van der Waals surface area (Å²) in [7, 11) is 0. The Morgan fingerprint density at radius 2 is 1.54 bits per heavy atom. The topological polar surface area (TPSA) is 247 Å². The average molecular weight is 759 g/mol. The maximum atomic E-state index is 14.3. The summed E-state index contributed by atoms with van der Waals surface area (Å²) < 4.78 is 0. The molecule has 0 aliphatic carbocycles. The Bertz CT molecular complexity index is 1960. The van der Waals surface area contributed by atoms with Gasteiger partial charge >= 0.3 is 0 Å². The number of aldehydes is 1. The monoisotopic (exact) mass is 758 g/mol. The van der Waals surface area contributed by atoms with Crippen LogP contribution in [0.15, 0.2) is 65.9 Å². The molecule has 0 bridgehead atoms. The molecule has 4 amide bonds. The number of guanidine groups is 1. The van der Waals surface area contributed by atoms with Crippen molar-refractivity contribution in [2.75, 3.05) is 25.1 Å². The lowest BCUT2D eigenvalue weighted by Crippen LogP contribution is -2.58. The molecule has 15 nitrogen and oxygen atoms in total. The van der Waals surface area contributed by atoms with Crippen LogP contribution in [0.2, 0.25) is 0 Å². The summed E-state index contributed by atoms with van der Waals surface area (Å²) in [4.78, 5) is 79.4. The summed E-state index contributed by atoms with van der Waals surface area (Å²) in [6.45, 7) is 0.492. The van der Waals surface area contributed by atoms with Crippen LogP contribution < -0.4 is 33.2 Å². The van der Waals surface area contributed by atoms with E-state index in [1.807, 2.05) is 61.0 Å². The van der Waals surface area contributed by atoms with Gasteiger partial charge in [0.1, 0.15) is 24.4 Å². The third-order valence-corrected chi connectivity index (χ3v) is 10.4. The SMILES string of the molecule is CSCC[C@H](N)C(=O)N[C@@H](Cc1c[nH]c2ccccc12)C(=O)N[C@@H](CCCN=C(N)N)C(=O)N1CCC[C@H]1C(=O)N[C@H](C=O)Cc1c[nH]c2ccccc12. The fourth-order valence-electron chi connectivity index (χ4n) is 6.87. The van der Waals surface area contributed by atoms with E-state index in [-0.39, 0.29) is 38.3 Å². The fraction of sp³-hybridized carbons (Fsp3) is 0.421. The van der Waals surface area contributed by atoms with Gasteiger partial charge in [-0.05, 0) is 67.4 Å². The second kappa shape index (κ2) is 19.1. The molecule has 5 rings (SSSR count). The van der Waals surface area contributed by atoms with Crippen molar-refractivity contribution in [2.45, 2.75) is 75.2 Å². The normalized spacial score (nSPS) is 16.3. The molecule has 54 heavy (non-hydrogen) atoms. The number of thioether (sulfide) groups is 1. The molecule has 3 heterocycles. The van der Waals surface area contributed by atoms with Crippen LogP contribution in [0.1, 0.15) is 43.2 Å². The van der Waals surface area contributed by atoms with Crippen LogP contribution in [0, 0.1) is 0 Å². The molecule has 1 saturated heterocycles. The van der Waals surface area contributed by atoms with Crippen LogP contribution >= 0.6 is 11.8 Å². The molecular weight excluding hydrogens is 709 g/mol. The number of aliphatic imine (C=N–C) groups is 1. The summed E-state index contributed by atoms with van der Waals surface area (Å²) in [6, 6.07) is 10.7. The smallest absolute Gasteiger partial charge is 0.245 e. The standard InChI is InChI=1S/C38H50N10O5S/c1-54-17-14-28(39)34(50)47-32(19-24-21-44-30-11-5-3-9-27(24)30)35(51)46-31(12-6-15-42-38(40)41)37(53)48-16-7-13-33(48)36(52)45-25(22-49)18-23-20-43-29-10-4-2-8-26(23)29/h2-5,8-11,20-22,25,28,31-33,43-44H,6-7,12-19,39H2,1H3,(H,45,52)(H,46,51)(H,47,50)(H4,40,41,42)/t25-,28-,31-,32-,33-/m0/s1. The molecule has 0 unspecified atom stereocenters. The zero-order valence-corrected chi connectivity index (χ0v) is 31.2. The summed E-state index contributed by atoms with van der Waals surface area (Å²) in [5, 5.41) is 10.4. The van der Waals surface area contributed by atoms with E-state index in [0.717, 1.165) is 32.9 Å².